The van der Waals surface area contributed by atoms with Crippen LogP contribution in [0.5, 0.6) is 0 Å². The summed E-state index contributed by atoms with van der Waals surface area (Å²) in [5.41, 5.74) is -1.66. The molecular weight excluding hydrogens is 372 g/mol. The molecule has 2 bridgehead atoms. The lowest BCUT2D eigenvalue weighted by Crippen LogP contribution is -2.76. The number of ketones is 1. The van der Waals surface area contributed by atoms with E-state index in [4.69, 9.17) is 5.11 Å². The lowest BCUT2D eigenvalue weighted by atomic mass is 9.97. The minimum atomic E-state index is -1.66. The van der Waals surface area contributed by atoms with E-state index in [2.05, 4.69) is 0 Å². The highest BCUT2D eigenvalue weighted by Gasteiger charge is 2.76. The van der Waals surface area contributed by atoms with Crippen molar-refractivity contribution < 1.29 is 39.1 Å². The standard InChI is InChI=1S/C17H20N4O7/c1-3-13-19(15(25)26)12-10-21(13,16(27)28)20(12)17(11(2)22)7-4-5-8-18(17)9-6-14(23)24/h4-5,7-8,10,13H,3,6,9H2,1-2H3,(H2-,23,24,25,26,27,28)/p+1. The maximum atomic E-state index is 12.9. The number of carbonyl (C=O) groups is 4. The van der Waals surface area contributed by atoms with Gasteiger partial charge in [0.15, 0.2) is 12.0 Å². The molecule has 28 heavy (non-hydrogen) atoms. The van der Waals surface area contributed by atoms with Crippen LogP contribution in [-0.2, 0) is 9.59 Å². The first-order valence-electron chi connectivity index (χ1n) is 8.67. The Hall–Kier alpha value is -3.34. The van der Waals surface area contributed by atoms with Crippen LogP contribution < -0.4 is 0 Å². The normalized spacial score (nSPS) is 30.1. The summed E-state index contributed by atoms with van der Waals surface area (Å²) in [7, 11) is 0. The lowest BCUT2D eigenvalue weighted by molar-refractivity contribution is -0.959. The number of aliphatic carboxylic acids is 1. The van der Waals surface area contributed by atoms with E-state index in [0.29, 0.717) is 0 Å². The van der Waals surface area contributed by atoms with E-state index < -0.39 is 40.4 Å². The molecule has 4 aliphatic rings. The average molecular weight is 393 g/mol. The second-order valence-electron chi connectivity index (χ2n) is 6.68. The van der Waals surface area contributed by atoms with Crippen LogP contribution in [0.1, 0.15) is 26.7 Å². The van der Waals surface area contributed by atoms with Gasteiger partial charge in [-0.15, -0.1) is 5.01 Å². The number of fused-ring (bicyclic) bond motifs is 1. The number of quaternary nitrogens is 1. The molecule has 150 valence electrons. The molecule has 4 heterocycles. The first-order chi connectivity index (χ1) is 13.1. The molecule has 2 amide bonds. The number of carboxylic acid groups (broad SMARTS) is 3. The van der Waals surface area contributed by atoms with Crippen molar-refractivity contribution >= 4 is 23.9 Å². The molecule has 0 radical (unpaired) electrons. The van der Waals surface area contributed by atoms with Crippen molar-refractivity contribution in [3.63, 3.8) is 0 Å². The summed E-state index contributed by atoms with van der Waals surface area (Å²) in [6.07, 6.45) is 3.71. The highest BCUT2D eigenvalue weighted by Crippen LogP contribution is 2.53. The molecule has 1 saturated heterocycles. The Morgan fingerprint density at radius 3 is 2.36 bits per heavy atom. The largest absolute Gasteiger partial charge is 0.546 e. The van der Waals surface area contributed by atoms with E-state index in [1.54, 1.807) is 19.1 Å². The molecule has 4 aliphatic heterocycles. The molecule has 1 fully saturated rings. The second kappa shape index (κ2) is 6.37. The average Bonchev–Trinajstić information content (AvgIpc) is 3.10. The summed E-state index contributed by atoms with van der Waals surface area (Å²) in [6, 6.07) is 0. The number of Topliss-reactive ketones (excluding diaryl/α,β-unsaturated/α-hetero) is 1. The molecule has 3 N–H and O–H groups in total. The molecular formula is C17H21N4O7+. The number of carbonyl (C=O) groups excluding carboxylic acids is 1. The summed E-state index contributed by atoms with van der Waals surface area (Å²) in [4.78, 5) is 50.4. The van der Waals surface area contributed by atoms with Gasteiger partial charge in [0.25, 0.3) is 0 Å². The summed E-state index contributed by atoms with van der Waals surface area (Å²) >= 11 is 0. The van der Waals surface area contributed by atoms with E-state index >= 15 is 0 Å². The van der Waals surface area contributed by atoms with Crippen LogP contribution in [0.3, 0.4) is 0 Å². The van der Waals surface area contributed by atoms with Gasteiger partial charge >= 0.3 is 18.2 Å². The second-order valence-corrected chi connectivity index (χ2v) is 6.68. The fourth-order valence-electron chi connectivity index (χ4n) is 4.17. The van der Waals surface area contributed by atoms with Crippen molar-refractivity contribution in [3.8, 4) is 0 Å². The zero-order valence-corrected chi connectivity index (χ0v) is 15.3. The van der Waals surface area contributed by atoms with Crippen LogP contribution >= 0.6 is 0 Å². The zero-order valence-electron chi connectivity index (χ0n) is 15.3. The third-order valence-electron chi connectivity index (χ3n) is 5.29. The molecule has 11 nitrogen and oxygen atoms in total. The zero-order chi connectivity index (χ0) is 20.9. The first kappa shape index (κ1) is 19.4. The van der Waals surface area contributed by atoms with Crippen LogP contribution in [-0.4, -0.2) is 77.0 Å². The number of amides is 2. The third kappa shape index (κ3) is 2.26. The number of hydrogen-bond donors (Lipinski definition) is 3. The molecule has 4 rings (SSSR count). The highest BCUT2D eigenvalue weighted by atomic mass is 16.4. The Bertz CT molecular complexity index is 850. The van der Waals surface area contributed by atoms with Gasteiger partial charge in [-0.2, -0.15) is 9.69 Å². The van der Waals surface area contributed by atoms with Crippen LogP contribution in [0.4, 0.5) is 9.59 Å². The number of allylic oxidation sites excluding steroid dienone is 2. The molecule has 3 atom stereocenters. The van der Waals surface area contributed by atoms with Crippen LogP contribution in [0, 0.1) is 0 Å². The van der Waals surface area contributed by atoms with Crippen molar-refractivity contribution in [2.24, 2.45) is 0 Å². The van der Waals surface area contributed by atoms with E-state index in [0.717, 1.165) is 4.90 Å². The predicted octanol–water partition coefficient (Wildman–Crippen LogP) is 1.39. The molecule has 3 unspecified atom stereocenters. The van der Waals surface area contributed by atoms with Crippen molar-refractivity contribution in [1.29, 1.82) is 0 Å². The van der Waals surface area contributed by atoms with Gasteiger partial charge in [-0.05, 0) is 19.1 Å². The SMILES string of the molecule is CCC1N(C(=O)O)C2=C[N+]1(C(=O)O)N2C1(C(C)=O)C=CC=CN1CCC(=O)O. The van der Waals surface area contributed by atoms with Gasteiger partial charge < -0.3 is 20.2 Å². The minimum absolute atomic E-state index is 0.0665. The Labute approximate surface area is 160 Å². The summed E-state index contributed by atoms with van der Waals surface area (Å²) < 4.78 is -0.876. The van der Waals surface area contributed by atoms with Gasteiger partial charge in [-0.25, -0.2) is 4.79 Å². The maximum absolute atomic E-state index is 12.9. The van der Waals surface area contributed by atoms with Crippen molar-refractivity contribution in [3.05, 3.63) is 36.4 Å². The number of hydrogen-bond acceptors (Lipinski definition) is 6. The number of carboxylic acids is 1. The molecule has 0 saturated carbocycles. The molecule has 0 aromatic carbocycles. The summed E-state index contributed by atoms with van der Waals surface area (Å²) in [6.45, 7) is 2.86. The molecule has 0 aromatic rings. The first-order valence-corrected chi connectivity index (χ1v) is 8.67. The molecule has 0 aromatic heterocycles. The topological polar surface area (TPSA) is 139 Å². The molecule has 0 spiro atoms. The number of nitrogens with zero attached hydrogens (tertiary/aromatic N) is 4. The van der Waals surface area contributed by atoms with Gasteiger partial charge in [0.2, 0.25) is 17.6 Å². The van der Waals surface area contributed by atoms with E-state index in [9.17, 15) is 29.4 Å². The predicted molar refractivity (Wildman–Crippen MR) is 92.8 cm³/mol. The van der Waals surface area contributed by atoms with Crippen LogP contribution in [0.2, 0.25) is 0 Å². The van der Waals surface area contributed by atoms with Crippen LogP contribution in [0.25, 0.3) is 0 Å². The van der Waals surface area contributed by atoms with Gasteiger partial charge in [0.1, 0.15) is 0 Å². The lowest BCUT2D eigenvalue weighted by Gasteiger charge is -2.52. The number of rotatable bonds is 6. The molecule has 11 heteroatoms. The molecule has 0 aliphatic carbocycles. The Morgan fingerprint density at radius 2 is 1.86 bits per heavy atom. The van der Waals surface area contributed by atoms with E-state index in [-0.39, 0.29) is 25.2 Å². The monoisotopic (exact) mass is 393 g/mol. The quantitative estimate of drug-likeness (QED) is 0.571. The summed E-state index contributed by atoms with van der Waals surface area (Å²) in [5.74, 6) is -1.46. The maximum Gasteiger partial charge on any atom is 0.546 e. The van der Waals surface area contributed by atoms with Crippen LogP contribution in [0.15, 0.2) is 36.4 Å². The summed E-state index contributed by atoms with van der Waals surface area (Å²) in [5, 5.41) is 29.9. The van der Waals surface area contributed by atoms with Gasteiger partial charge in [-0.1, -0.05) is 17.6 Å². The smallest absolute Gasteiger partial charge is 0.481 e. The van der Waals surface area contributed by atoms with Crippen molar-refractivity contribution in [2.45, 2.75) is 38.5 Å². The Kier molecular flexibility index (Phi) is 4.42. The van der Waals surface area contributed by atoms with E-state index in [1.807, 2.05) is 0 Å². The fraction of sp³-hybridized carbons (Fsp3) is 0.412. The van der Waals surface area contributed by atoms with Gasteiger partial charge in [0, 0.05) is 19.2 Å². The van der Waals surface area contributed by atoms with Gasteiger partial charge in [0.05, 0.1) is 6.42 Å². The van der Waals surface area contributed by atoms with Crippen molar-refractivity contribution in [1.82, 2.24) is 14.8 Å². The fourth-order valence-corrected chi connectivity index (χ4v) is 4.17. The van der Waals surface area contributed by atoms with Crippen molar-refractivity contribution in [2.75, 3.05) is 6.54 Å². The Balaban J connectivity index is 2.16. The minimum Gasteiger partial charge on any atom is -0.481 e. The van der Waals surface area contributed by atoms with E-state index in [1.165, 1.54) is 35.3 Å². The Morgan fingerprint density at radius 1 is 1.18 bits per heavy atom. The highest BCUT2D eigenvalue weighted by molar-refractivity contribution is 5.89. The third-order valence-corrected chi connectivity index (χ3v) is 5.29. The van der Waals surface area contributed by atoms with Gasteiger partial charge in [-0.3, -0.25) is 9.59 Å².